The quantitative estimate of drug-likeness (QED) is 0.794. The van der Waals surface area contributed by atoms with Gasteiger partial charge in [0.1, 0.15) is 11.3 Å². The summed E-state index contributed by atoms with van der Waals surface area (Å²) in [6, 6.07) is 8.68. The fraction of sp³-hybridized carbons (Fsp3) is 0.571. The molecule has 134 valence electrons. The lowest BCUT2D eigenvalue weighted by molar-refractivity contribution is -0.143. The molecule has 25 heavy (non-hydrogen) atoms. The second-order valence-corrected chi connectivity index (χ2v) is 7.42. The highest BCUT2D eigenvalue weighted by Gasteiger charge is 2.34. The van der Waals surface area contributed by atoms with Crippen LogP contribution in [0.4, 0.5) is 0 Å². The minimum atomic E-state index is -0.0886. The molecule has 0 spiro atoms. The van der Waals surface area contributed by atoms with Gasteiger partial charge in [0.2, 0.25) is 0 Å². The molecule has 0 unspecified atom stereocenters. The second kappa shape index (κ2) is 7.20. The maximum Gasteiger partial charge on any atom is 0.306 e. The number of nitrogens with one attached hydrogen (secondary N) is 1. The molecule has 2 fully saturated rings. The minimum absolute atomic E-state index is 0.0886. The first-order valence-corrected chi connectivity index (χ1v) is 9.64. The fourth-order valence-electron chi connectivity index (χ4n) is 4.06. The number of rotatable bonds is 6. The zero-order valence-corrected chi connectivity index (χ0v) is 14.9. The first-order valence-electron chi connectivity index (χ1n) is 9.64. The predicted molar refractivity (Wildman–Crippen MR) is 97.8 cm³/mol. The highest BCUT2D eigenvalue weighted by Crippen LogP contribution is 2.45. The minimum Gasteiger partial charge on any atom is -0.466 e. The van der Waals surface area contributed by atoms with Crippen molar-refractivity contribution in [2.24, 2.45) is 5.92 Å². The van der Waals surface area contributed by atoms with E-state index in [1.54, 1.807) is 0 Å². The molecule has 0 radical (unpaired) electrons. The van der Waals surface area contributed by atoms with Crippen molar-refractivity contribution >= 4 is 16.9 Å². The van der Waals surface area contributed by atoms with Gasteiger partial charge in [0.05, 0.1) is 13.0 Å². The van der Waals surface area contributed by atoms with E-state index in [-0.39, 0.29) is 11.9 Å². The van der Waals surface area contributed by atoms with Gasteiger partial charge in [-0.2, -0.15) is 0 Å². The number of hydrogen-bond donors (Lipinski definition) is 1. The fourth-order valence-corrected chi connectivity index (χ4v) is 4.06. The van der Waals surface area contributed by atoms with Crippen LogP contribution in [0.3, 0.4) is 0 Å². The Bertz CT molecular complexity index is 741. The number of benzene rings is 1. The number of ether oxygens (including phenoxy) is 1. The molecule has 1 aliphatic carbocycles. The van der Waals surface area contributed by atoms with Crippen molar-refractivity contribution in [1.82, 2.24) is 5.32 Å². The Morgan fingerprint density at radius 3 is 2.76 bits per heavy atom. The summed E-state index contributed by atoms with van der Waals surface area (Å²) in [6.07, 6.45) is 5.17. The standard InChI is InChI=1S/C21H27NO3/c1-2-24-21(23)13-18(14-3-4-14)16-5-6-17-12-19(25-20(17)11-16)15-7-9-22-10-8-15/h5-6,11-12,14-15,18,22H,2-4,7-10,13H2,1H3/t18-/m0/s1. The Morgan fingerprint density at radius 2 is 2.04 bits per heavy atom. The van der Waals surface area contributed by atoms with Crippen LogP contribution in [0, 0.1) is 5.92 Å². The van der Waals surface area contributed by atoms with Crippen LogP contribution in [-0.4, -0.2) is 25.7 Å². The maximum atomic E-state index is 12.0. The van der Waals surface area contributed by atoms with Gasteiger partial charge in [-0.15, -0.1) is 0 Å². The summed E-state index contributed by atoms with van der Waals surface area (Å²) in [6.45, 7) is 4.45. The molecule has 1 aromatic heterocycles. The average Bonchev–Trinajstić information content (AvgIpc) is 3.38. The Labute approximate surface area is 148 Å². The molecule has 2 aromatic rings. The summed E-state index contributed by atoms with van der Waals surface area (Å²) in [5, 5.41) is 4.57. The summed E-state index contributed by atoms with van der Waals surface area (Å²) in [7, 11) is 0. The SMILES string of the molecule is CCOC(=O)C[C@H](c1ccc2cc(C3CCNCC3)oc2c1)C1CC1. The molecule has 1 aliphatic heterocycles. The lowest BCUT2D eigenvalue weighted by Crippen LogP contribution is -2.26. The lowest BCUT2D eigenvalue weighted by Gasteiger charge is -2.20. The van der Waals surface area contributed by atoms with Crippen molar-refractivity contribution in [2.45, 2.75) is 50.9 Å². The Morgan fingerprint density at radius 1 is 1.24 bits per heavy atom. The van der Waals surface area contributed by atoms with Gasteiger partial charge in [-0.25, -0.2) is 0 Å². The molecule has 4 heteroatoms. The first-order chi connectivity index (χ1) is 12.2. The number of carbonyl (C=O) groups excluding carboxylic acids is 1. The lowest BCUT2D eigenvalue weighted by atomic mass is 9.90. The number of esters is 1. The number of fused-ring (bicyclic) bond motifs is 1. The first kappa shape index (κ1) is 16.6. The van der Waals surface area contributed by atoms with Gasteiger partial charge in [0.15, 0.2) is 0 Å². The highest BCUT2D eigenvalue weighted by atomic mass is 16.5. The smallest absolute Gasteiger partial charge is 0.306 e. The number of carbonyl (C=O) groups is 1. The normalized spacial score (nSPS) is 19.9. The molecule has 2 aliphatic rings. The molecule has 0 bridgehead atoms. The Balaban J connectivity index is 1.57. The average molecular weight is 341 g/mol. The zero-order chi connectivity index (χ0) is 17.2. The van der Waals surface area contributed by atoms with Gasteiger partial charge in [-0.3, -0.25) is 4.79 Å². The van der Waals surface area contributed by atoms with Gasteiger partial charge in [-0.05, 0) is 75.2 Å². The third kappa shape index (κ3) is 3.74. The van der Waals surface area contributed by atoms with Gasteiger partial charge in [-0.1, -0.05) is 12.1 Å². The number of piperidine rings is 1. The van der Waals surface area contributed by atoms with Crippen molar-refractivity contribution in [3.05, 3.63) is 35.6 Å². The third-order valence-corrected chi connectivity index (χ3v) is 5.62. The van der Waals surface area contributed by atoms with Crippen LogP contribution in [0.15, 0.2) is 28.7 Å². The van der Waals surface area contributed by atoms with Crippen LogP contribution in [-0.2, 0) is 9.53 Å². The predicted octanol–water partition coefficient (Wildman–Crippen LogP) is 4.35. The van der Waals surface area contributed by atoms with Crippen molar-refractivity contribution < 1.29 is 13.9 Å². The molecular formula is C21H27NO3. The molecule has 1 saturated heterocycles. The Kier molecular flexibility index (Phi) is 4.80. The summed E-state index contributed by atoms with van der Waals surface area (Å²) in [4.78, 5) is 12.0. The molecule has 1 aromatic carbocycles. The van der Waals surface area contributed by atoms with Gasteiger partial charge in [0, 0.05) is 11.3 Å². The molecule has 1 saturated carbocycles. The molecule has 1 atom stereocenters. The van der Waals surface area contributed by atoms with E-state index in [9.17, 15) is 4.79 Å². The summed E-state index contributed by atoms with van der Waals surface area (Å²) < 4.78 is 11.4. The van der Waals surface area contributed by atoms with E-state index in [2.05, 4.69) is 29.6 Å². The maximum absolute atomic E-state index is 12.0. The van der Waals surface area contributed by atoms with E-state index < -0.39 is 0 Å². The molecule has 4 nitrogen and oxygen atoms in total. The van der Waals surface area contributed by atoms with Crippen LogP contribution in [0.5, 0.6) is 0 Å². The third-order valence-electron chi connectivity index (χ3n) is 5.62. The molecule has 1 N–H and O–H groups in total. The monoisotopic (exact) mass is 341 g/mol. The van der Waals surface area contributed by atoms with Crippen LogP contribution in [0.25, 0.3) is 11.0 Å². The zero-order valence-electron chi connectivity index (χ0n) is 14.9. The molecule has 0 amide bonds. The van der Waals surface area contributed by atoms with Crippen LogP contribution >= 0.6 is 0 Å². The summed E-state index contributed by atoms with van der Waals surface area (Å²) >= 11 is 0. The van der Waals surface area contributed by atoms with E-state index in [1.807, 2.05) is 6.92 Å². The van der Waals surface area contributed by atoms with E-state index in [0.717, 1.165) is 37.3 Å². The Hall–Kier alpha value is -1.81. The van der Waals surface area contributed by atoms with Crippen molar-refractivity contribution in [3.63, 3.8) is 0 Å². The van der Waals surface area contributed by atoms with Gasteiger partial charge < -0.3 is 14.5 Å². The molecular weight excluding hydrogens is 314 g/mol. The summed E-state index contributed by atoms with van der Waals surface area (Å²) in [5.74, 6) is 2.42. The van der Waals surface area contributed by atoms with Crippen LogP contribution < -0.4 is 5.32 Å². The van der Waals surface area contributed by atoms with Crippen molar-refractivity contribution in [1.29, 1.82) is 0 Å². The highest BCUT2D eigenvalue weighted by molar-refractivity contribution is 5.79. The second-order valence-electron chi connectivity index (χ2n) is 7.42. The van der Waals surface area contributed by atoms with Crippen molar-refractivity contribution in [2.75, 3.05) is 19.7 Å². The molecule has 4 rings (SSSR count). The summed E-state index contributed by atoms with van der Waals surface area (Å²) in [5.41, 5.74) is 2.18. The van der Waals surface area contributed by atoms with Gasteiger partial charge in [0.25, 0.3) is 0 Å². The van der Waals surface area contributed by atoms with E-state index in [0.29, 0.717) is 24.9 Å². The molecule has 2 heterocycles. The van der Waals surface area contributed by atoms with Crippen molar-refractivity contribution in [3.8, 4) is 0 Å². The van der Waals surface area contributed by atoms with Crippen LogP contribution in [0.2, 0.25) is 0 Å². The van der Waals surface area contributed by atoms with Crippen LogP contribution in [0.1, 0.15) is 62.2 Å². The number of furan rings is 1. The van der Waals surface area contributed by atoms with E-state index in [1.165, 1.54) is 23.8 Å². The largest absolute Gasteiger partial charge is 0.466 e. The van der Waals surface area contributed by atoms with E-state index in [4.69, 9.17) is 9.15 Å². The topological polar surface area (TPSA) is 51.5 Å². The van der Waals surface area contributed by atoms with Gasteiger partial charge >= 0.3 is 5.97 Å². The number of hydrogen-bond acceptors (Lipinski definition) is 4. The van der Waals surface area contributed by atoms with E-state index >= 15 is 0 Å².